The van der Waals surface area contributed by atoms with Gasteiger partial charge in [-0.2, -0.15) is 0 Å². The Labute approximate surface area is 193 Å². The van der Waals surface area contributed by atoms with E-state index in [2.05, 4.69) is 20.5 Å². The lowest BCUT2D eigenvalue weighted by Crippen LogP contribution is -2.47. The number of rotatable bonds is 4. The minimum atomic E-state index is -4.75. The molecule has 0 bridgehead atoms. The van der Waals surface area contributed by atoms with Crippen molar-refractivity contribution in [1.82, 2.24) is 4.98 Å². The SMILES string of the molecule is C#Cc1ccc(N2C(/C=C/c3cccc(OC(F)(F)F)c3)=Nc3ncccc3C23C2=C3C2)cc1. The van der Waals surface area contributed by atoms with Crippen molar-refractivity contribution in [3.63, 3.8) is 0 Å². The summed E-state index contributed by atoms with van der Waals surface area (Å²) in [5, 5.41) is 0. The number of pyridine rings is 1. The van der Waals surface area contributed by atoms with Crippen LogP contribution in [0.4, 0.5) is 24.7 Å². The molecular formula is C27H16F3N3O. The van der Waals surface area contributed by atoms with Crippen LogP contribution < -0.4 is 9.64 Å². The highest BCUT2D eigenvalue weighted by molar-refractivity contribution is 6.15. The van der Waals surface area contributed by atoms with Crippen LogP contribution in [0.3, 0.4) is 0 Å². The molecule has 0 radical (unpaired) electrons. The summed E-state index contributed by atoms with van der Waals surface area (Å²) in [5.74, 6) is 3.63. The Morgan fingerprint density at radius 2 is 1.82 bits per heavy atom. The molecule has 0 fully saturated rings. The predicted octanol–water partition coefficient (Wildman–Crippen LogP) is 6.13. The van der Waals surface area contributed by atoms with Gasteiger partial charge in [0.1, 0.15) is 17.1 Å². The molecule has 0 amide bonds. The zero-order valence-electron chi connectivity index (χ0n) is 17.7. The molecule has 4 nitrogen and oxygen atoms in total. The maximum atomic E-state index is 12.6. The van der Waals surface area contributed by atoms with Crippen LogP contribution in [0.25, 0.3) is 6.08 Å². The summed E-state index contributed by atoms with van der Waals surface area (Å²) in [4.78, 5) is 11.4. The number of ether oxygens (including phenoxy) is 1. The first-order valence-corrected chi connectivity index (χ1v) is 10.6. The van der Waals surface area contributed by atoms with Gasteiger partial charge in [0.25, 0.3) is 0 Å². The number of aliphatic imine (C=N–C) groups is 1. The Kier molecular flexibility index (Phi) is 4.24. The summed E-state index contributed by atoms with van der Waals surface area (Å²) in [7, 11) is 0. The van der Waals surface area contributed by atoms with Gasteiger partial charge >= 0.3 is 6.36 Å². The zero-order valence-corrected chi connectivity index (χ0v) is 17.7. The van der Waals surface area contributed by atoms with Gasteiger partial charge in [-0.25, -0.2) is 9.98 Å². The summed E-state index contributed by atoms with van der Waals surface area (Å²) < 4.78 is 41.9. The number of aromatic nitrogens is 1. The normalized spacial score (nSPS) is 17.2. The topological polar surface area (TPSA) is 37.7 Å². The van der Waals surface area contributed by atoms with Gasteiger partial charge in [0.05, 0.1) is 0 Å². The van der Waals surface area contributed by atoms with E-state index in [1.54, 1.807) is 24.4 Å². The third kappa shape index (κ3) is 3.19. The van der Waals surface area contributed by atoms with Crippen LogP contribution in [-0.4, -0.2) is 17.2 Å². The van der Waals surface area contributed by atoms with Crippen molar-refractivity contribution in [3.8, 4) is 18.1 Å². The first-order valence-electron chi connectivity index (χ1n) is 10.6. The van der Waals surface area contributed by atoms with Gasteiger partial charge in [-0.3, -0.25) is 0 Å². The molecular weight excluding hydrogens is 439 g/mol. The fourth-order valence-electron chi connectivity index (χ4n) is 4.60. The van der Waals surface area contributed by atoms with E-state index in [0.29, 0.717) is 17.2 Å². The molecule has 3 aliphatic rings. The molecule has 1 spiro atoms. The summed E-state index contributed by atoms with van der Waals surface area (Å²) in [6.07, 6.45) is 6.98. The standard InChI is InChI=1S/C27H16F3N3O/c1-2-17-8-11-19(12-9-17)33-24(13-10-18-5-3-6-20(15-18)34-27(28,29)30)32-25-21(7-4-14-31-25)26(33)22-16-23(22)26/h1,3-15H,16H2/b13-10+. The van der Waals surface area contributed by atoms with E-state index in [1.165, 1.54) is 29.3 Å². The van der Waals surface area contributed by atoms with Crippen molar-refractivity contribution in [2.75, 3.05) is 4.90 Å². The Morgan fingerprint density at radius 1 is 1.03 bits per heavy atom. The molecule has 6 rings (SSSR count). The monoisotopic (exact) mass is 455 g/mol. The number of fused-ring (bicyclic) bond motifs is 4. The first-order chi connectivity index (χ1) is 16.4. The predicted molar refractivity (Wildman–Crippen MR) is 124 cm³/mol. The molecule has 0 unspecified atom stereocenters. The minimum absolute atomic E-state index is 0.278. The van der Waals surface area contributed by atoms with Gasteiger partial charge in [-0.1, -0.05) is 30.2 Å². The molecule has 3 aromatic rings. The van der Waals surface area contributed by atoms with Crippen molar-refractivity contribution in [1.29, 1.82) is 0 Å². The minimum Gasteiger partial charge on any atom is -0.406 e. The molecule has 0 saturated heterocycles. The summed E-state index contributed by atoms with van der Waals surface area (Å²) in [6, 6.07) is 17.4. The molecule has 0 atom stereocenters. The third-order valence-corrected chi connectivity index (χ3v) is 6.17. The van der Waals surface area contributed by atoms with Crippen molar-refractivity contribution in [3.05, 3.63) is 101 Å². The summed E-state index contributed by atoms with van der Waals surface area (Å²) in [6.45, 7) is 0. The molecule has 166 valence electrons. The van der Waals surface area contributed by atoms with Gasteiger partial charge < -0.3 is 9.64 Å². The molecule has 1 aliphatic heterocycles. The number of terminal acetylenes is 1. The van der Waals surface area contributed by atoms with Crippen LogP contribution in [0.15, 0.2) is 89.1 Å². The highest BCUT2D eigenvalue weighted by Gasteiger charge is 2.70. The highest BCUT2D eigenvalue weighted by Crippen LogP contribution is 2.74. The van der Waals surface area contributed by atoms with Crippen LogP contribution in [-0.2, 0) is 5.54 Å². The van der Waals surface area contributed by atoms with E-state index in [0.717, 1.165) is 23.2 Å². The Bertz CT molecular complexity index is 1450. The van der Waals surface area contributed by atoms with E-state index in [-0.39, 0.29) is 11.3 Å². The van der Waals surface area contributed by atoms with Gasteiger partial charge in [0.15, 0.2) is 5.82 Å². The molecule has 7 heteroatoms. The van der Waals surface area contributed by atoms with Crippen molar-refractivity contribution in [2.24, 2.45) is 4.99 Å². The number of amidine groups is 1. The number of hydrogen-bond donors (Lipinski definition) is 0. The highest BCUT2D eigenvalue weighted by atomic mass is 19.4. The molecule has 0 saturated carbocycles. The van der Waals surface area contributed by atoms with Gasteiger partial charge in [0.2, 0.25) is 0 Å². The van der Waals surface area contributed by atoms with Crippen molar-refractivity contribution >= 4 is 23.4 Å². The molecule has 2 heterocycles. The zero-order chi connectivity index (χ0) is 23.5. The van der Waals surface area contributed by atoms with E-state index < -0.39 is 6.36 Å². The molecule has 1 aromatic heterocycles. The fourth-order valence-corrected chi connectivity index (χ4v) is 4.60. The van der Waals surface area contributed by atoms with Crippen LogP contribution in [0.2, 0.25) is 0 Å². The number of benzene rings is 2. The van der Waals surface area contributed by atoms with Crippen LogP contribution in [0, 0.1) is 12.3 Å². The van der Waals surface area contributed by atoms with Crippen molar-refractivity contribution in [2.45, 2.75) is 18.3 Å². The number of anilines is 1. The lowest BCUT2D eigenvalue weighted by molar-refractivity contribution is -0.274. The van der Waals surface area contributed by atoms with Gasteiger partial charge in [-0.15, -0.1) is 19.6 Å². The van der Waals surface area contributed by atoms with E-state index in [4.69, 9.17) is 11.4 Å². The molecule has 0 N–H and O–H groups in total. The number of alkyl halides is 3. The smallest absolute Gasteiger partial charge is 0.406 e. The Hall–Kier alpha value is -4.31. The third-order valence-electron chi connectivity index (χ3n) is 6.17. The number of hydrogen-bond acceptors (Lipinski definition) is 4. The lowest BCUT2D eigenvalue weighted by Gasteiger charge is -2.42. The van der Waals surface area contributed by atoms with Gasteiger partial charge in [0, 0.05) is 23.0 Å². The quantitative estimate of drug-likeness (QED) is 0.351. The van der Waals surface area contributed by atoms with Crippen molar-refractivity contribution < 1.29 is 17.9 Å². The largest absolute Gasteiger partial charge is 0.573 e. The second-order valence-corrected chi connectivity index (χ2v) is 8.17. The average molecular weight is 455 g/mol. The van der Waals surface area contributed by atoms with Crippen LogP contribution >= 0.6 is 0 Å². The summed E-state index contributed by atoms with van der Waals surface area (Å²) >= 11 is 0. The second kappa shape index (κ2) is 7.09. The van der Waals surface area contributed by atoms with E-state index >= 15 is 0 Å². The Balaban J connectivity index is 1.42. The number of nitrogens with zero attached hydrogens (tertiary/aromatic N) is 3. The van der Waals surface area contributed by atoms with Crippen LogP contribution in [0.1, 0.15) is 23.1 Å². The average Bonchev–Trinajstić information content (AvgIpc) is 3.73. The first kappa shape index (κ1) is 20.3. The molecule has 34 heavy (non-hydrogen) atoms. The second-order valence-electron chi connectivity index (χ2n) is 8.17. The maximum Gasteiger partial charge on any atom is 0.573 e. The van der Waals surface area contributed by atoms with Crippen LogP contribution in [0.5, 0.6) is 5.75 Å². The molecule has 2 aliphatic carbocycles. The lowest BCUT2D eigenvalue weighted by atomic mass is 9.86. The Morgan fingerprint density at radius 3 is 2.50 bits per heavy atom. The maximum absolute atomic E-state index is 12.6. The summed E-state index contributed by atoms with van der Waals surface area (Å²) in [5.41, 5.74) is 5.60. The van der Waals surface area contributed by atoms with E-state index in [9.17, 15) is 13.2 Å². The number of halogens is 3. The van der Waals surface area contributed by atoms with Gasteiger partial charge in [-0.05, 0) is 71.7 Å². The molecule has 2 aromatic carbocycles. The fraction of sp³-hybridized carbons (Fsp3) is 0.111. The van der Waals surface area contributed by atoms with E-state index in [1.807, 2.05) is 36.4 Å².